The van der Waals surface area contributed by atoms with Gasteiger partial charge < -0.3 is 21.7 Å². The van der Waals surface area contributed by atoms with Gasteiger partial charge in [-0.25, -0.2) is 10.4 Å². The molecule has 0 heterocycles. The smallest absolute Gasteiger partial charge is 0.278 e. The van der Waals surface area contributed by atoms with Crippen LogP contribution < -0.4 is 16.9 Å². The summed E-state index contributed by atoms with van der Waals surface area (Å²) < 4.78 is 0. The van der Waals surface area contributed by atoms with E-state index in [4.69, 9.17) is 11.5 Å². The van der Waals surface area contributed by atoms with Crippen molar-refractivity contribution in [3.05, 3.63) is 23.8 Å². The number of carbonyl (C=O) groups is 2. The average molecular weight is 437 g/mol. The lowest BCUT2D eigenvalue weighted by Gasteiger charge is -2.23. The maximum absolute atomic E-state index is 12.7. The van der Waals surface area contributed by atoms with Gasteiger partial charge in [-0.05, 0) is 18.6 Å². The molecule has 0 aliphatic carbocycles. The third kappa shape index (κ3) is 10.6. The van der Waals surface area contributed by atoms with Crippen molar-refractivity contribution in [2.75, 3.05) is 6.54 Å². The molecule has 0 saturated heterocycles. The number of imide groups is 1. The van der Waals surface area contributed by atoms with E-state index in [9.17, 15) is 19.8 Å². The van der Waals surface area contributed by atoms with Crippen LogP contribution in [0.1, 0.15) is 94.3 Å². The van der Waals surface area contributed by atoms with E-state index >= 15 is 0 Å². The Labute approximate surface area is 186 Å². The van der Waals surface area contributed by atoms with Gasteiger partial charge in [-0.2, -0.15) is 0 Å². The summed E-state index contributed by atoms with van der Waals surface area (Å²) in [5.41, 5.74) is 13.5. The predicted molar refractivity (Wildman–Crippen MR) is 122 cm³/mol. The Balaban J connectivity index is 2.32. The van der Waals surface area contributed by atoms with Crippen LogP contribution in [0.2, 0.25) is 0 Å². The molecule has 0 spiro atoms. The zero-order valence-corrected chi connectivity index (χ0v) is 18.8. The fourth-order valence-corrected chi connectivity index (χ4v) is 3.38. The van der Waals surface area contributed by atoms with Crippen LogP contribution in [0.4, 0.5) is 0 Å². The number of hydrogen-bond acceptors (Lipinski definition) is 7. The first-order valence-corrected chi connectivity index (χ1v) is 11.5. The highest BCUT2D eigenvalue weighted by molar-refractivity contribution is 6.06. The number of hydrazine groups is 1. The molecule has 1 aromatic carbocycles. The third-order valence-corrected chi connectivity index (χ3v) is 5.22. The summed E-state index contributed by atoms with van der Waals surface area (Å²) in [6.45, 7) is 2.64. The van der Waals surface area contributed by atoms with Crippen molar-refractivity contribution in [3.63, 3.8) is 0 Å². The minimum absolute atomic E-state index is 0.131. The Kier molecular flexibility index (Phi) is 13.5. The number of aromatic hydroxyl groups is 2. The lowest BCUT2D eigenvalue weighted by molar-refractivity contribution is -0.132. The van der Waals surface area contributed by atoms with Gasteiger partial charge in [0.1, 0.15) is 17.7 Å². The molecule has 1 rings (SSSR count). The van der Waals surface area contributed by atoms with E-state index in [1.807, 2.05) is 0 Å². The number of hydrogen-bond donors (Lipinski definition) is 5. The van der Waals surface area contributed by atoms with E-state index in [0.29, 0.717) is 6.54 Å². The molecule has 0 aliphatic heterocycles. The number of phenolic OH excluding ortho intramolecular Hbond substituents is 2. The molecule has 0 fully saturated rings. The molecule has 0 radical (unpaired) electrons. The fraction of sp³-hybridized carbons (Fsp3) is 0.652. The minimum atomic E-state index is -1.36. The molecule has 2 amide bonds. The normalized spacial score (nSPS) is 11.1. The Hall–Kier alpha value is -2.16. The molecule has 0 unspecified atom stereocenters. The summed E-state index contributed by atoms with van der Waals surface area (Å²) in [6.07, 6.45) is 13.2. The maximum atomic E-state index is 12.7. The van der Waals surface area contributed by atoms with Gasteiger partial charge in [0, 0.05) is 12.6 Å². The van der Waals surface area contributed by atoms with Crippen LogP contribution in [0.3, 0.4) is 0 Å². The van der Waals surface area contributed by atoms with Crippen LogP contribution in [0, 0.1) is 0 Å². The molecule has 0 bridgehead atoms. The average Bonchev–Trinajstić information content (AvgIpc) is 2.73. The van der Waals surface area contributed by atoms with Crippen molar-refractivity contribution in [1.82, 2.24) is 10.4 Å². The van der Waals surface area contributed by atoms with Crippen molar-refractivity contribution in [1.29, 1.82) is 0 Å². The highest BCUT2D eigenvalue weighted by Gasteiger charge is 2.27. The summed E-state index contributed by atoms with van der Waals surface area (Å²) in [4.78, 5) is 24.9. The molecule has 0 saturated carbocycles. The van der Waals surface area contributed by atoms with E-state index in [2.05, 4.69) is 12.3 Å². The number of nitrogens with one attached hydrogen (secondary N) is 1. The van der Waals surface area contributed by atoms with Crippen molar-refractivity contribution < 1.29 is 19.8 Å². The van der Waals surface area contributed by atoms with Gasteiger partial charge >= 0.3 is 0 Å². The van der Waals surface area contributed by atoms with E-state index in [1.165, 1.54) is 69.9 Å². The van der Waals surface area contributed by atoms with Crippen molar-refractivity contribution in [2.24, 2.45) is 11.5 Å². The number of amides is 2. The second-order valence-electron chi connectivity index (χ2n) is 8.00. The number of rotatable bonds is 16. The quantitative estimate of drug-likeness (QED) is 0.152. The topological polar surface area (TPSA) is 142 Å². The summed E-state index contributed by atoms with van der Waals surface area (Å²) >= 11 is 0. The molecule has 0 atom stereocenters. The van der Waals surface area contributed by atoms with Crippen molar-refractivity contribution in [2.45, 2.75) is 90.1 Å². The highest BCUT2D eigenvalue weighted by Crippen LogP contribution is 2.23. The van der Waals surface area contributed by atoms with Crippen LogP contribution in [0.5, 0.6) is 11.5 Å². The standard InChI is InChI=1S/C23H40N4O4/c1-2-3-4-5-6-7-8-9-10-11-12-13-16-26-27(23(31)21(24)25)22(30)19-15-14-18(28)17-20(19)29/h14-15,17,21,26,28-29H,2-13,16,24-25H2,1H3. The van der Waals surface area contributed by atoms with Gasteiger partial charge in [-0.1, -0.05) is 77.6 Å². The molecule has 0 aliphatic rings. The van der Waals surface area contributed by atoms with Gasteiger partial charge in [-0.15, -0.1) is 0 Å². The van der Waals surface area contributed by atoms with E-state index in [1.54, 1.807) is 0 Å². The van der Waals surface area contributed by atoms with Crippen LogP contribution in [0.25, 0.3) is 0 Å². The SMILES string of the molecule is CCCCCCCCCCCCCCNN(C(=O)c1ccc(O)cc1O)C(=O)C(N)N. The first kappa shape index (κ1) is 26.9. The summed E-state index contributed by atoms with van der Waals surface area (Å²) in [5, 5.41) is 20.0. The van der Waals surface area contributed by atoms with Gasteiger partial charge in [-0.3, -0.25) is 9.59 Å². The summed E-state index contributed by atoms with van der Waals surface area (Å²) in [5.74, 6) is -2.19. The van der Waals surface area contributed by atoms with Gasteiger partial charge in [0.2, 0.25) is 0 Å². The monoisotopic (exact) mass is 436 g/mol. The number of phenols is 2. The van der Waals surface area contributed by atoms with Crippen molar-refractivity contribution in [3.8, 4) is 11.5 Å². The Morgan fingerprint density at radius 2 is 1.42 bits per heavy atom. The first-order valence-electron chi connectivity index (χ1n) is 11.5. The first-order chi connectivity index (χ1) is 14.9. The number of nitrogens with two attached hydrogens (primary N) is 2. The highest BCUT2D eigenvalue weighted by atomic mass is 16.3. The maximum Gasteiger partial charge on any atom is 0.278 e. The molecular formula is C23H40N4O4. The van der Waals surface area contributed by atoms with Crippen LogP contribution in [0.15, 0.2) is 18.2 Å². The van der Waals surface area contributed by atoms with E-state index in [-0.39, 0.29) is 11.3 Å². The van der Waals surface area contributed by atoms with Gasteiger partial charge in [0.05, 0.1) is 5.56 Å². The van der Waals surface area contributed by atoms with E-state index in [0.717, 1.165) is 30.3 Å². The van der Waals surface area contributed by atoms with Crippen molar-refractivity contribution >= 4 is 11.8 Å². The molecule has 0 aromatic heterocycles. The predicted octanol–water partition coefficient (Wildman–Crippen LogP) is 3.52. The summed E-state index contributed by atoms with van der Waals surface area (Å²) in [7, 11) is 0. The van der Waals surface area contributed by atoms with Gasteiger partial charge in [0.15, 0.2) is 0 Å². The van der Waals surface area contributed by atoms with E-state index < -0.39 is 23.7 Å². The molecule has 1 aromatic rings. The fourth-order valence-electron chi connectivity index (χ4n) is 3.38. The second kappa shape index (κ2) is 15.6. The summed E-state index contributed by atoms with van der Waals surface area (Å²) in [6, 6.07) is 3.52. The number of unbranched alkanes of at least 4 members (excludes halogenated alkanes) is 11. The zero-order valence-electron chi connectivity index (χ0n) is 18.8. The Morgan fingerprint density at radius 3 is 1.90 bits per heavy atom. The zero-order chi connectivity index (χ0) is 23.1. The Bertz CT molecular complexity index is 667. The third-order valence-electron chi connectivity index (χ3n) is 5.22. The number of nitrogens with zero attached hydrogens (tertiary/aromatic N) is 1. The largest absolute Gasteiger partial charge is 0.508 e. The molecule has 7 N–H and O–H groups in total. The molecule has 176 valence electrons. The Morgan fingerprint density at radius 1 is 0.903 bits per heavy atom. The number of carbonyl (C=O) groups excluding carboxylic acids is 2. The molecule has 8 nitrogen and oxygen atoms in total. The molecule has 31 heavy (non-hydrogen) atoms. The minimum Gasteiger partial charge on any atom is -0.508 e. The molecule has 8 heteroatoms. The lowest BCUT2D eigenvalue weighted by atomic mass is 10.1. The van der Waals surface area contributed by atoms with Crippen LogP contribution in [-0.2, 0) is 4.79 Å². The van der Waals surface area contributed by atoms with Gasteiger partial charge in [0.25, 0.3) is 11.8 Å². The lowest BCUT2D eigenvalue weighted by Crippen LogP contribution is -2.56. The van der Waals surface area contributed by atoms with Crippen LogP contribution >= 0.6 is 0 Å². The molecular weight excluding hydrogens is 396 g/mol. The van der Waals surface area contributed by atoms with Crippen LogP contribution in [-0.4, -0.2) is 39.7 Å². The second-order valence-corrected chi connectivity index (χ2v) is 8.00. The number of benzene rings is 1.